The van der Waals surface area contributed by atoms with E-state index in [-0.39, 0.29) is 17.8 Å². The number of nitrogens with one attached hydrogen (secondary N) is 1. The molecule has 1 atom stereocenters. The Morgan fingerprint density at radius 3 is 2.88 bits per heavy atom. The number of nitrogens with zero attached hydrogens (tertiary/aromatic N) is 2. The Labute approximate surface area is 189 Å². The van der Waals surface area contributed by atoms with E-state index in [9.17, 15) is 9.18 Å². The predicted molar refractivity (Wildman–Crippen MR) is 121 cm³/mol. The van der Waals surface area contributed by atoms with E-state index in [1.54, 1.807) is 17.0 Å². The number of H-pyrrole nitrogens is 1. The van der Waals surface area contributed by atoms with Gasteiger partial charge in [0.25, 0.3) is 5.91 Å². The van der Waals surface area contributed by atoms with Crippen LogP contribution in [0.15, 0.2) is 66.9 Å². The second kappa shape index (κ2) is 8.73. The molecule has 1 fully saturated rings. The fourth-order valence-corrected chi connectivity index (χ4v) is 4.19. The maximum atomic E-state index is 13.5. The molecule has 1 amide bonds. The van der Waals surface area contributed by atoms with Crippen LogP contribution in [0.2, 0.25) is 5.02 Å². The third-order valence-corrected chi connectivity index (χ3v) is 6.07. The molecular weight excluding hydrogens is 429 g/mol. The lowest BCUT2D eigenvalue weighted by molar-refractivity contribution is -0.0249. The number of morpholine rings is 1. The summed E-state index contributed by atoms with van der Waals surface area (Å²) >= 11 is 6.26. The number of carbonyl (C=O) groups is 1. The van der Waals surface area contributed by atoms with Gasteiger partial charge in [-0.05, 0) is 47.5 Å². The molecule has 0 aliphatic carbocycles. The average molecular weight is 450 g/mol. The van der Waals surface area contributed by atoms with Gasteiger partial charge in [0, 0.05) is 35.1 Å². The van der Waals surface area contributed by atoms with Gasteiger partial charge in [-0.25, -0.2) is 4.39 Å². The lowest BCUT2D eigenvalue weighted by Crippen LogP contribution is -2.42. The molecule has 0 bridgehead atoms. The summed E-state index contributed by atoms with van der Waals surface area (Å²) < 4.78 is 19.4. The van der Waals surface area contributed by atoms with E-state index in [4.69, 9.17) is 16.3 Å². The largest absolute Gasteiger partial charge is 0.368 e. The maximum Gasteiger partial charge on any atom is 0.270 e. The van der Waals surface area contributed by atoms with Crippen molar-refractivity contribution >= 4 is 28.4 Å². The minimum atomic E-state index is -0.339. The Kier molecular flexibility index (Phi) is 5.64. The predicted octanol–water partition coefficient (Wildman–Crippen LogP) is 5.16. The molecule has 7 heteroatoms. The quantitative estimate of drug-likeness (QED) is 0.468. The van der Waals surface area contributed by atoms with Gasteiger partial charge in [-0.15, -0.1) is 0 Å². The Bertz CT molecular complexity index is 1270. The van der Waals surface area contributed by atoms with Crippen molar-refractivity contribution in [3.8, 4) is 0 Å². The van der Waals surface area contributed by atoms with E-state index in [0.717, 1.165) is 27.2 Å². The van der Waals surface area contributed by atoms with Gasteiger partial charge in [0.1, 0.15) is 17.6 Å². The van der Waals surface area contributed by atoms with Gasteiger partial charge in [0.15, 0.2) is 0 Å². The maximum absolute atomic E-state index is 13.5. The third kappa shape index (κ3) is 4.24. The summed E-state index contributed by atoms with van der Waals surface area (Å²) in [6.07, 6.45) is 2.22. The first-order chi connectivity index (χ1) is 15.6. The summed E-state index contributed by atoms with van der Waals surface area (Å²) in [5.41, 5.74) is 3.93. The van der Waals surface area contributed by atoms with Crippen LogP contribution >= 0.6 is 11.6 Å². The van der Waals surface area contributed by atoms with E-state index in [1.165, 1.54) is 12.1 Å². The van der Waals surface area contributed by atoms with Gasteiger partial charge in [0.2, 0.25) is 0 Å². The Morgan fingerprint density at radius 1 is 1.19 bits per heavy atom. The monoisotopic (exact) mass is 449 g/mol. The molecule has 1 aliphatic heterocycles. The molecule has 32 heavy (non-hydrogen) atoms. The summed E-state index contributed by atoms with van der Waals surface area (Å²) in [6.45, 7) is 1.32. The number of fused-ring (bicyclic) bond motifs is 1. The van der Waals surface area contributed by atoms with Crippen LogP contribution in [0.1, 0.15) is 33.4 Å². The molecule has 0 unspecified atom stereocenters. The molecule has 5 rings (SSSR count). The average Bonchev–Trinajstić information content (AvgIpc) is 3.24. The van der Waals surface area contributed by atoms with Crippen molar-refractivity contribution in [1.29, 1.82) is 0 Å². The van der Waals surface area contributed by atoms with Gasteiger partial charge < -0.3 is 14.6 Å². The molecule has 162 valence electrons. The highest BCUT2D eigenvalue weighted by Gasteiger charge is 2.27. The van der Waals surface area contributed by atoms with Crippen LogP contribution in [0.4, 0.5) is 4.39 Å². The van der Waals surface area contributed by atoms with Crippen molar-refractivity contribution in [2.24, 2.45) is 0 Å². The molecule has 0 radical (unpaired) electrons. The Hall–Kier alpha value is -3.22. The molecule has 1 aliphatic rings. The summed E-state index contributed by atoms with van der Waals surface area (Å²) in [6, 6.07) is 17.9. The summed E-state index contributed by atoms with van der Waals surface area (Å²) in [5.74, 6) is -0.473. The zero-order valence-corrected chi connectivity index (χ0v) is 18.0. The van der Waals surface area contributed by atoms with Crippen LogP contribution in [0.3, 0.4) is 0 Å². The molecular formula is C25H21ClFN3O2. The van der Waals surface area contributed by atoms with Gasteiger partial charge >= 0.3 is 0 Å². The van der Waals surface area contributed by atoms with Crippen molar-refractivity contribution in [3.63, 3.8) is 0 Å². The molecule has 2 aromatic heterocycles. The zero-order chi connectivity index (χ0) is 22.1. The van der Waals surface area contributed by atoms with Crippen LogP contribution in [0.25, 0.3) is 10.9 Å². The zero-order valence-electron chi connectivity index (χ0n) is 17.2. The van der Waals surface area contributed by atoms with Crippen LogP contribution in [-0.2, 0) is 11.2 Å². The second-order valence-corrected chi connectivity index (χ2v) is 8.29. The number of pyridine rings is 1. The first-order valence-electron chi connectivity index (χ1n) is 10.4. The van der Waals surface area contributed by atoms with Crippen molar-refractivity contribution in [2.45, 2.75) is 12.5 Å². The minimum absolute atomic E-state index is 0.134. The van der Waals surface area contributed by atoms with Gasteiger partial charge in [-0.3, -0.25) is 9.78 Å². The normalized spacial score (nSPS) is 16.4. The van der Waals surface area contributed by atoms with Crippen LogP contribution in [0, 0.1) is 5.82 Å². The highest BCUT2D eigenvalue weighted by Crippen LogP contribution is 2.25. The molecule has 5 nitrogen and oxygen atoms in total. The number of hydrogen-bond acceptors (Lipinski definition) is 3. The molecule has 0 spiro atoms. The van der Waals surface area contributed by atoms with E-state index < -0.39 is 0 Å². The highest BCUT2D eigenvalue weighted by molar-refractivity contribution is 6.31. The summed E-state index contributed by atoms with van der Waals surface area (Å²) in [7, 11) is 0. The Morgan fingerprint density at radius 2 is 2.06 bits per heavy atom. The second-order valence-electron chi connectivity index (χ2n) is 7.88. The first kappa shape index (κ1) is 20.7. The van der Waals surface area contributed by atoms with Crippen molar-refractivity contribution in [3.05, 3.63) is 100 Å². The van der Waals surface area contributed by atoms with Crippen molar-refractivity contribution < 1.29 is 13.9 Å². The van der Waals surface area contributed by atoms with Gasteiger partial charge in [0.05, 0.1) is 18.8 Å². The fraction of sp³-hybridized carbons (Fsp3) is 0.200. The van der Waals surface area contributed by atoms with Gasteiger partial charge in [-0.1, -0.05) is 35.9 Å². The summed E-state index contributed by atoms with van der Waals surface area (Å²) in [5, 5.41) is 1.54. The smallest absolute Gasteiger partial charge is 0.270 e. The van der Waals surface area contributed by atoms with Gasteiger partial charge in [-0.2, -0.15) is 0 Å². The van der Waals surface area contributed by atoms with E-state index in [0.29, 0.717) is 37.3 Å². The molecule has 4 aromatic rings. The van der Waals surface area contributed by atoms with E-state index >= 15 is 0 Å². The molecule has 2 aromatic carbocycles. The summed E-state index contributed by atoms with van der Waals surface area (Å²) in [4.78, 5) is 22.4. The molecule has 1 saturated heterocycles. The van der Waals surface area contributed by atoms with E-state index in [2.05, 4.69) is 9.97 Å². The van der Waals surface area contributed by atoms with Crippen LogP contribution < -0.4 is 0 Å². The molecule has 0 saturated carbocycles. The number of carbonyl (C=O) groups excluding carboxylic acids is 1. The van der Waals surface area contributed by atoms with Crippen molar-refractivity contribution in [2.75, 3.05) is 19.7 Å². The number of aromatic nitrogens is 2. The Balaban J connectivity index is 1.29. The van der Waals surface area contributed by atoms with Crippen LogP contribution in [0.5, 0.6) is 0 Å². The fourth-order valence-electron chi connectivity index (χ4n) is 3.99. The van der Waals surface area contributed by atoms with Crippen LogP contribution in [-0.4, -0.2) is 40.5 Å². The number of hydrogen-bond donors (Lipinski definition) is 1. The molecule has 3 heterocycles. The number of benzene rings is 2. The standard InChI is InChI=1S/C25H21ClFN3O2/c26-20-4-2-1-3-17(20)11-16-5-8-21(28-14-16)24-15-30(9-10-32-24)25(31)23-12-18-6-7-19(27)13-22(18)29-23/h1-8,12-14,24,29H,9-11,15H2/t24-/m1/s1. The topological polar surface area (TPSA) is 58.2 Å². The minimum Gasteiger partial charge on any atom is -0.368 e. The molecule has 1 N–H and O–H groups in total. The SMILES string of the molecule is O=C(c1cc2ccc(F)cc2[nH]1)N1CCO[C@@H](c2ccc(Cc3ccccc3Cl)cn2)C1. The number of rotatable bonds is 4. The lowest BCUT2D eigenvalue weighted by Gasteiger charge is -2.32. The first-order valence-corrected chi connectivity index (χ1v) is 10.8. The third-order valence-electron chi connectivity index (χ3n) is 5.70. The van der Waals surface area contributed by atoms with Crippen molar-refractivity contribution in [1.82, 2.24) is 14.9 Å². The number of ether oxygens (including phenoxy) is 1. The van der Waals surface area contributed by atoms with E-state index in [1.807, 2.05) is 42.6 Å². The number of halogens is 2. The number of aromatic amines is 1. The highest BCUT2D eigenvalue weighted by atomic mass is 35.5. The number of amides is 1. The lowest BCUT2D eigenvalue weighted by atomic mass is 10.1.